The van der Waals surface area contributed by atoms with E-state index in [0.29, 0.717) is 16.6 Å². The van der Waals surface area contributed by atoms with Crippen molar-refractivity contribution in [1.29, 1.82) is 0 Å². The Morgan fingerprint density at radius 2 is 1.93 bits per heavy atom. The normalized spacial score (nSPS) is 41.9. The Labute approximate surface area is 87.3 Å². The van der Waals surface area contributed by atoms with Gasteiger partial charge in [0.1, 0.15) is 5.78 Å². The molecule has 0 aromatic rings. The summed E-state index contributed by atoms with van der Waals surface area (Å²) in [7, 11) is 0. The molecule has 2 atom stereocenters. The summed E-state index contributed by atoms with van der Waals surface area (Å²) in [6, 6.07) is 0. The van der Waals surface area contributed by atoms with Gasteiger partial charge >= 0.3 is 0 Å². The molecule has 14 heavy (non-hydrogen) atoms. The summed E-state index contributed by atoms with van der Waals surface area (Å²) < 4.78 is 0. The average molecular weight is 194 g/mol. The lowest BCUT2D eigenvalue weighted by Gasteiger charge is -2.53. The number of fused-ring (bicyclic) bond motifs is 1. The van der Waals surface area contributed by atoms with Crippen molar-refractivity contribution in [2.75, 3.05) is 0 Å². The van der Waals surface area contributed by atoms with Gasteiger partial charge in [-0.25, -0.2) is 0 Å². The van der Waals surface area contributed by atoms with E-state index in [-0.39, 0.29) is 0 Å². The minimum absolute atomic E-state index is 0.330. The maximum Gasteiger partial charge on any atom is 0.133 e. The van der Waals surface area contributed by atoms with Gasteiger partial charge in [0.25, 0.3) is 0 Å². The molecular formula is C13H22O. The largest absolute Gasteiger partial charge is 0.300 e. The number of ketones is 1. The predicted octanol–water partition coefficient (Wildman–Crippen LogP) is 3.57. The summed E-state index contributed by atoms with van der Waals surface area (Å²) in [5.74, 6) is 1.28. The number of carbonyl (C=O) groups excluding carboxylic acids is 1. The summed E-state index contributed by atoms with van der Waals surface area (Å²) in [6.07, 6.45) is 6.76. The topological polar surface area (TPSA) is 17.1 Å². The van der Waals surface area contributed by atoms with E-state index < -0.39 is 0 Å². The minimum Gasteiger partial charge on any atom is -0.300 e. The smallest absolute Gasteiger partial charge is 0.133 e. The molecule has 2 aliphatic rings. The Balaban J connectivity index is 2.25. The van der Waals surface area contributed by atoms with Crippen molar-refractivity contribution >= 4 is 5.78 Å². The van der Waals surface area contributed by atoms with E-state index in [1.807, 2.05) is 0 Å². The Kier molecular flexibility index (Phi) is 2.24. The molecule has 0 amide bonds. The molecule has 0 aromatic carbocycles. The zero-order valence-electron chi connectivity index (χ0n) is 9.73. The molecule has 0 spiro atoms. The first kappa shape index (κ1) is 10.2. The molecule has 2 fully saturated rings. The van der Waals surface area contributed by atoms with E-state index in [0.717, 1.165) is 25.2 Å². The van der Waals surface area contributed by atoms with Gasteiger partial charge in [-0.15, -0.1) is 0 Å². The van der Waals surface area contributed by atoms with Gasteiger partial charge in [0.05, 0.1) is 0 Å². The van der Waals surface area contributed by atoms with Crippen molar-refractivity contribution < 1.29 is 4.79 Å². The molecule has 80 valence electrons. The zero-order chi connectivity index (χ0) is 10.4. The Morgan fingerprint density at radius 3 is 2.64 bits per heavy atom. The molecular weight excluding hydrogens is 172 g/mol. The van der Waals surface area contributed by atoms with Gasteiger partial charge in [-0.05, 0) is 36.0 Å². The van der Waals surface area contributed by atoms with Crippen LogP contribution in [0, 0.1) is 16.7 Å². The molecule has 0 aliphatic heterocycles. The molecule has 1 heteroatoms. The second-order valence-corrected chi connectivity index (χ2v) is 6.30. The molecule has 1 nitrogen and oxygen atoms in total. The van der Waals surface area contributed by atoms with E-state index in [4.69, 9.17) is 0 Å². The lowest BCUT2D eigenvalue weighted by molar-refractivity contribution is -0.131. The fraction of sp³-hybridized carbons (Fsp3) is 0.923. The second-order valence-electron chi connectivity index (χ2n) is 6.30. The van der Waals surface area contributed by atoms with Crippen molar-refractivity contribution in [2.24, 2.45) is 16.7 Å². The molecule has 0 bridgehead atoms. The lowest BCUT2D eigenvalue weighted by Crippen LogP contribution is -2.46. The molecule has 0 N–H and O–H groups in total. The van der Waals surface area contributed by atoms with Crippen LogP contribution in [0.2, 0.25) is 0 Å². The van der Waals surface area contributed by atoms with Crippen molar-refractivity contribution in [3.05, 3.63) is 0 Å². The van der Waals surface area contributed by atoms with Gasteiger partial charge in [0, 0.05) is 12.8 Å². The van der Waals surface area contributed by atoms with Crippen molar-refractivity contribution in [3.63, 3.8) is 0 Å². The van der Waals surface area contributed by atoms with Crippen LogP contribution in [0.3, 0.4) is 0 Å². The number of hydrogen-bond donors (Lipinski definition) is 0. The first-order valence-electron chi connectivity index (χ1n) is 5.96. The highest BCUT2D eigenvalue weighted by molar-refractivity contribution is 5.80. The number of hydrogen-bond acceptors (Lipinski definition) is 1. The van der Waals surface area contributed by atoms with E-state index in [1.165, 1.54) is 19.3 Å². The molecule has 2 rings (SSSR count). The molecule has 2 aliphatic carbocycles. The Hall–Kier alpha value is -0.330. The van der Waals surface area contributed by atoms with Gasteiger partial charge in [-0.2, -0.15) is 0 Å². The maximum atomic E-state index is 11.5. The first-order valence-corrected chi connectivity index (χ1v) is 5.96. The van der Waals surface area contributed by atoms with E-state index in [9.17, 15) is 4.79 Å². The minimum atomic E-state index is 0.330. The third-order valence-electron chi connectivity index (χ3n) is 4.67. The summed E-state index contributed by atoms with van der Waals surface area (Å²) >= 11 is 0. The third-order valence-corrected chi connectivity index (χ3v) is 4.67. The summed E-state index contributed by atoms with van der Waals surface area (Å²) in [4.78, 5) is 11.5. The summed E-state index contributed by atoms with van der Waals surface area (Å²) in [6.45, 7) is 7.13. The number of carbonyl (C=O) groups is 1. The van der Waals surface area contributed by atoms with Crippen LogP contribution in [0.15, 0.2) is 0 Å². The van der Waals surface area contributed by atoms with Crippen molar-refractivity contribution in [2.45, 2.75) is 59.3 Å². The number of Topliss-reactive ketones (excluding diaryl/α,β-unsaturated/α-hetero) is 1. The molecule has 0 aromatic heterocycles. The van der Waals surface area contributed by atoms with Gasteiger partial charge in [0.2, 0.25) is 0 Å². The number of rotatable bonds is 0. The van der Waals surface area contributed by atoms with Crippen LogP contribution >= 0.6 is 0 Å². The fourth-order valence-electron chi connectivity index (χ4n) is 4.03. The van der Waals surface area contributed by atoms with Crippen molar-refractivity contribution in [1.82, 2.24) is 0 Å². The molecule has 0 heterocycles. The van der Waals surface area contributed by atoms with E-state index in [1.54, 1.807) is 0 Å². The first-order chi connectivity index (χ1) is 6.44. The summed E-state index contributed by atoms with van der Waals surface area (Å²) in [5.41, 5.74) is 0.796. The van der Waals surface area contributed by atoms with E-state index >= 15 is 0 Å². The highest BCUT2D eigenvalue weighted by atomic mass is 16.1. The van der Waals surface area contributed by atoms with Gasteiger partial charge < -0.3 is 0 Å². The highest BCUT2D eigenvalue weighted by Crippen LogP contribution is 2.56. The van der Waals surface area contributed by atoms with Crippen molar-refractivity contribution in [3.8, 4) is 0 Å². The quantitative estimate of drug-likeness (QED) is 0.576. The Bertz CT molecular complexity index is 254. The van der Waals surface area contributed by atoms with Crippen LogP contribution in [0.25, 0.3) is 0 Å². The SMILES string of the molecule is CC1(C)CCC[C@]2(C)CC(=O)CC[C@H]12. The standard InChI is InChI=1S/C13H22O/c1-12(2)7-4-8-13(3)9-10(14)5-6-11(12)13/h11H,4-9H2,1-3H3/t11-,13-/m1/s1. The second kappa shape index (κ2) is 3.08. The monoisotopic (exact) mass is 194 g/mol. The van der Waals surface area contributed by atoms with E-state index in [2.05, 4.69) is 20.8 Å². The summed E-state index contributed by atoms with van der Waals surface area (Å²) in [5, 5.41) is 0. The fourth-order valence-corrected chi connectivity index (χ4v) is 4.03. The average Bonchev–Trinajstić information content (AvgIpc) is 2.00. The van der Waals surface area contributed by atoms with Gasteiger partial charge in [0.15, 0.2) is 0 Å². The molecule has 0 radical (unpaired) electrons. The zero-order valence-corrected chi connectivity index (χ0v) is 9.73. The van der Waals surface area contributed by atoms with Crippen LogP contribution in [0.5, 0.6) is 0 Å². The molecule has 0 unspecified atom stereocenters. The third kappa shape index (κ3) is 1.51. The van der Waals surface area contributed by atoms with Crippen LogP contribution in [-0.2, 0) is 4.79 Å². The predicted molar refractivity (Wildman–Crippen MR) is 58.1 cm³/mol. The molecule has 2 saturated carbocycles. The Morgan fingerprint density at radius 1 is 1.21 bits per heavy atom. The van der Waals surface area contributed by atoms with Crippen LogP contribution in [0.4, 0.5) is 0 Å². The van der Waals surface area contributed by atoms with Gasteiger partial charge in [-0.3, -0.25) is 4.79 Å². The maximum absolute atomic E-state index is 11.5. The van der Waals surface area contributed by atoms with Gasteiger partial charge in [-0.1, -0.05) is 27.2 Å². The molecule has 0 saturated heterocycles. The van der Waals surface area contributed by atoms with Crippen LogP contribution < -0.4 is 0 Å². The van der Waals surface area contributed by atoms with Crippen LogP contribution in [-0.4, -0.2) is 5.78 Å². The highest BCUT2D eigenvalue weighted by Gasteiger charge is 2.48. The lowest BCUT2D eigenvalue weighted by atomic mass is 9.51. The van der Waals surface area contributed by atoms with Crippen LogP contribution in [0.1, 0.15) is 59.3 Å².